The predicted molar refractivity (Wildman–Crippen MR) is 80.6 cm³/mol. The molecular formula is C16H21N3O2. The van der Waals surface area contributed by atoms with Crippen LogP contribution in [0.3, 0.4) is 0 Å². The molecule has 0 bridgehead atoms. The van der Waals surface area contributed by atoms with Crippen molar-refractivity contribution in [2.75, 3.05) is 26.3 Å². The molecule has 1 aliphatic heterocycles. The summed E-state index contributed by atoms with van der Waals surface area (Å²) in [5, 5.41) is 4.47. The van der Waals surface area contributed by atoms with Gasteiger partial charge in [0.15, 0.2) is 0 Å². The van der Waals surface area contributed by atoms with E-state index in [1.807, 2.05) is 29.3 Å². The lowest BCUT2D eigenvalue weighted by Crippen LogP contribution is -2.41. The first-order valence-electron chi connectivity index (χ1n) is 7.33. The van der Waals surface area contributed by atoms with Gasteiger partial charge < -0.3 is 9.64 Å². The standard InChI is InChI=1S/C16H21N3O2/c1-16(2,3)12-11-13(17-19-6-4-5-14(12)19)15(20)18-7-9-21-10-8-18/h4-6,11H,7-10H2,1-3H3. The maximum Gasteiger partial charge on any atom is 0.274 e. The van der Waals surface area contributed by atoms with Crippen molar-refractivity contribution in [3.8, 4) is 0 Å². The van der Waals surface area contributed by atoms with Crippen molar-refractivity contribution in [2.24, 2.45) is 0 Å². The first-order valence-corrected chi connectivity index (χ1v) is 7.33. The van der Waals surface area contributed by atoms with Crippen molar-refractivity contribution < 1.29 is 9.53 Å². The molecule has 0 aromatic carbocycles. The van der Waals surface area contributed by atoms with Crippen LogP contribution in [0.4, 0.5) is 0 Å². The number of amides is 1. The Hall–Kier alpha value is -1.88. The van der Waals surface area contributed by atoms with Gasteiger partial charge in [-0.25, -0.2) is 4.52 Å². The van der Waals surface area contributed by atoms with Gasteiger partial charge >= 0.3 is 0 Å². The Kier molecular flexibility index (Phi) is 3.45. The first-order chi connectivity index (χ1) is 9.97. The van der Waals surface area contributed by atoms with Crippen LogP contribution in [0, 0.1) is 0 Å². The fourth-order valence-electron chi connectivity index (χ4n) is 2.66. The number of fused-ring (bicyclic) bond motifs is 1. The summed E-state index contributed by atoms with van der Waals surface area (Å²) < 4.78 is 7.10. The van der Waals surface area contributed by atoms with Crippen LogP contribution in [0.5, 0.6) is 0 Å². The highest BCUT2D eigenvalue weighted by Gasteiger charge is 2.24. The van der Waals surface area contributed by atoms with E-state index in [1.165, 1.54) is 0 Å². The lowest BCUT2D eigenvalue weighted by atomic mass is 9.86. The second-order valence-electron chi connectivity index (χ2n) is 6.44. The molecule has 0 atom stereocenters. The molecule has 0 spiro atoms. The second-order valence-corrected chi connectivity index (χ2v) is 6.44. The van der Waals surface area contributed by atoms with Crippen LogP contribution in [0.15, 0.2) is 24.4 Å². The van der Waals surface area contributed by atoms with Gasteiger partial charge in [0.25, 0.3) is 5.91 Å². The van der Waals surface area contributed by atoms with E-state index >= 15 is 0 Å². The number of nitrogens with zero attached hydrogens (tertiary/aromatic N) is 3. The van der Waals surface area contributed by atoms with E-state index in [0.717, 1.165) is 11.1 Å². The third kappa shape index (κ3) is 2.65. The highest BCUT2D eigenvalue weighted by molar-refractivity contribution is 5.93. The monoisotopic (exact) mass is 287 g/mol. The van der Waals surface area contributed by atoms with Crippen molar-refractivity contribution in [3.63, 3.8) is 0 Å². The summed E-state index contributed by atoms with van der Waals surface area (Å²) >= 11 is 0. The third-order valence-electron chi connectivity index (χ3n) is 3.83. The SMILES string of the molecule is CC(C)(C)c1cc(C(=O)N2CCOCC2)nn2cccc12. The Morgan fingerprint density at radius 1 is 1.29 bits per heavy atom. The van der Waals surface area contributed by atoms with Gasteiger partial charge in [-0.05, 0) is 29.2 Å². The number of ether oxygens (including phenoxy) is 1. The van der Waals surface area contributed by atoms with E-state index in [-0.39, 0.29) is 11.3 Å². The maximum atomic E-state index is 12.6. The van der Waals surface area contributed by atoms with Crippen LogP contribution in [0.25, 0.3) is 5.52 Å². The molecule has 1 aliphatic rings. The van der Waals surface area contributed by atoms with Crippen molar-refractivity contribution in [1.82, 2.24) is 14.5 Å². The lowest BCUT2D eigenvalue weighted by molar-refractivity contribution is 0.0298. The van der Waals surface area contributed by atoms with E-state index in [4.69, 9.17) is 4.74 Å². The second kappa shape index (κ2) is 5.15. The molecular weight excluding hydrogens is 266 g/mol. The van der Waals surface area contributed by atoms with Gasteiger partial charge in [0, 0.05) is 19.3 Å². The van der Waals surface area contributed by atoms with Crippen LogP contribution in [0.2, 0.25) is 0 Å². The Balaban J connectivity index is 2.04. The quantitative estimate of drug-likeness (QED) is 0.807. The molecule has 112 valence electrons. The number of hydrogen-bond donors (Lipinski definition) is 0. The van der Waals surface area contributed by atoms with Gasteiger partial charge in [-0.3, -0.25) is 4.79 Å². The number of aromatic nitrogens is 2. The van der Waals surface area contributed by atoms with E-state index in [0.29, 0.717) is 32.0 Å². The number of hydrogen-bond acceptors (Lipinski definition) is 3. The van der Waals surface area contributed by atoms with Crippen molar-refractivity contribution in [1.29, 1.82) is 0 Å². The smallest absolute Gasteiger partial charge is 0.274 e. The summed E-state index contributed by atoms with van der Waals surface area (Å²) in [6.45, 7) is 8.92. The molecule has 3 rings (SSSR count). The summed E-state index contributed by atoms with van der Waals surface area (Å²) in [7, 11) is 0. The van der Waals surface area contributed by atoms with E-state index in [2.05, 4.69) is 25.9 Å². The van der Waals surface area contributed by atoms with Crippen LogP contribution in [-0.4, -0.2) is 46.7 Å². The van der Waals surface area contributed by atoms with Gasteiger partial charge in [-0.2, -0.15) is 5.10 Å². The fraction of sp³-hybridized carbons (Fsp3) is 0.500. The van der Waals surface area contributed by atoms with Crippen LogP contribution >= 0.6 is 0 Å². The number of morpholine rings is 1. The molecule has 1 amide bonds. The molecule has 5 heteroatoms. The van der Waals surface area contributed by atoms with E-state index < -0.39 is 0 Å². The number of carbonyl (C=O) groups is 1. The Morgan fingerprint density at radius 2 is 2.00 bits per heavy atom. The molecule has 1 saturated heterocycles. The highest BCUT2D eigenvalue weighted by atomic mass is 16.5. The molecule has 0 aliphatic carbocycles. The number of rotatable bonds is 1. The molecule has 21 heavy (non-hydrogen) atoms. The predicted octanol–water partition coefficient (Wildman–Crippen LogP) is 2.10. The Bertz CT molecular complexity index is 664. The zero-order valence-electron chi connectivity index (χ0n) is 12.8. The molecule has 0 radical (unpaired) electrons. The van der Waals surface area contributed by atoms with E-state index in [9.17, 15) is 4.79 Å². The summed E-state index contributed by atoms with van der Waals surface area (Å²) in [5.41, 5.74) is 2.66. The Morgan fingerprint density at radius 3 is 2.67 bits per heavy atom. The normalized spacial score (nSPS) is 16.4. The minimum absolute atomic E-state index is 0.0144. The first kappa shape index (κ1) is 14.1. The van der Waals surface area contributed by atoms with Crippen LogP contribution in [0.1, 0.15) is 36.8 Å². The molecule has 0 unspecified atom stereocenters. The van der Waals surface area contributed by atoms with Gasteiger partial charge in [-0.1, -0.05) is 20.8 Å². The number of carbonyl (C=O) groups excluding carboxylic acids is 1. The van der Waals surface area contributed by atoms with Crippen molar-refractivity contribution in [3.05, 3.63) is 35.7 Å². The van der Waals surface area contributed by atoms with Crippen LogP contribution in [-0.2, 0) is 10.2 Å². The maximum absolute atomic E-state index is 12.6. The van der Waals surface area contributed by atoms with Gasteiger partial charge in [0.1, 0.15) is 5.69 Å². The molecule has 1 fully saturated rings. The lowest BCUT2D eigenvalue weighted by Gasteiger charge is -2.27. The Labute approximate surface area is 124 Å². The molecule has 0 N–H and O–H groups in total. The van der Waals surface area contributed by atoms with E-state index in [1.54, 1.807) is 4.52 Å². The third-order valence-corrected chi connectivity index (χ3v) is 3.83. The zero-order chi connectivity index (χ0) is 15.0. The molecule has 5 nitrogen and oxygen atoms in total. The minimum Gasteiger partial charge on any atom is -0.378 e. The molecule has 2 aromatic heterocycles. The summed E-state index contributed by atoms with van der Waals surface area (Å²) in [6, 6.07) is 5.93. The molecule has 0 saturated carbocycles. The molecule has 2 aromatic rings. The topological polar surface area (TPSA) is 46.8 Å². The minimum atomic E-state index is -0.0391. The van der Waals surface area contributed by atoms with Crippen molar-refractivity contribution in [2.45, 2.75) is 26.2 Å². The van der Waals surface area contributed by atoms with Gasteiger partial charge in [0.05, 0.1) is 18.7 Å². The van der Waals surface area contributed by atoms with Crippen LogP contribution < -0.4 is 0 Å². The molecule has 3 heterocycles. The largest absolute Gasteiger partial charge is 0.378 e. The van der Waals surface area contributed by atoms with Gasteiger partial charge in [0.2, 0.25) is 0 Å². The summed E-state index contributed by atoms with van der Waals surface area (Å²) in [5.74, 6) is -0.0144. The summed E-state index contributed by atoms with van der Waals surface area (Å²) in [6.07, 6.45) is 1.89. The average molecular weight is 287 g/mol. The van der Waals surface area contributed by atoms with Crippen molar-refractivity contribution >= 4 is 11.4 Å². The average Bonchev–Trinajstić information content (AvgIpc) is 2.93. The summed E-state index contributed by atoms with van der Waals surface area (Å²) in [4.78, 5) is 14.5. The zero-order valence-corrected chi connectivity index (χ0v) is 12.8. The fourth-order valence-corrected chi connectivity index (χ4v) is 2.66. The highest BCUT2D eigenvalue weighted by Crippen LogP contribution is 2.27. The van der Waals surface area contributed by atoms with Gasteiger partial charge in [-0.15, -0.1) is 0 Å².